The van der Waals surface area contributed by atoms with Gasteiger partial charge in [-0.1, -0.05) is 23.7 Å². The lowest BCUT2D eigenvalue weighted by Gasteiger charge is -2.08. The third kappa shape index (κ3) is 2.65. The smallest absolute Gasteiger partial charge is 0.153 e. The highest BCUT2D eigenvalue weighted by atomic mass is 35.5. The lowest BCUT2D eigenvalue weighted by Crippen LogP contribution is -1.96. The summed E-state index contributed by atoms with van der Waals surface area (Å²) in [5.41, 5.74) is 1.02. The van der Waals surface area contributed by atoms with Crippen molar-refractivity contribution in [1.29, 1.82) is 0 Å². The summed E-state index contributed by atoms with van der Waals surface area (Å²) in [5.74, 6) is 0.686. The van der Waals surface area contributed by atoms with E-state index in [1.54, 1.807) is 23.9 Å². The molecule has 16 heavy (non-hydrogen) atoms. The number of aromatic nitrogens is 2. The van der Waals surface area contributed by atoms with E-state index in [9.17, 15) is 0 Å². The van der Waals surface area contributed by atoms with Crippen LogP contribution in [-0.4, -0.2) is 16.5 Å². The molecule has 2 aromatic rings. The molecule has 0 atom stereocenters. The molecule has 2 rings (SSSR count). The molecule has 1 aromatic heterocycles. The van der Waals surface area contributed by atoms with Crippen molar-refractivity contribution in [2.24, 2.45) is 0 Å². The van der Waals surface area contributed by atoms with Gasteiger partial charge in [-0.05, 0) is 30.5 Å². The largest absolute Gasteiger partial charge is 0.338 e. The summed E-state index contributed by atoms with van der Waals surface area (Å²) in [6.45, 7) is 0. The van der Waals surface area contributed by atoms with Crippen LogP contribution in [0.15, 0.2) is 41.3 Å². The van der Waals surface area contributed by atoms with Crippen molar-refractivity contribution in [3.63, 3.8) is 0 Å². The molecule has 0 bridgehead atoms. The van der Waals surface area contributed by atoms with Gasteiger partial charge in [-0.15, -0.1) is 22.0 Å². The fourth-order valence-corrected chi connectivity index (χ4v) is 1.92. The maximum atomic E-state index is 5.67. The van der Waals surface area contributed by atoms with Gasteiger partial charge in [-0.2, -0.15) is 0 Å². The molecular weight excluding hydrogens is 242 g/mol. The fraction of sp³-hybridized carbons (Fsp3) is 0.0909. The molecule has 1 heterocycles. The van der Waals surface area contributed by atoms with E-state index in [1.165, 1.54) is 4.90 Å². The Morgan fingerprint density at radius 1 is 1.12 bits per heavy atom. The van der Waals surface area contributed by atoms with Crippen molar-refractivity contribution in [3.05, 3.63) is 41.6 Å². The van der Waals surface area contributed by atoms with Crippen LogP contribution in [-0.2, 0) is 0 Å². The molecule has 0 fully saturated rings. The summed E-state index contributed by atoms with van der Waals surface area (Å²) in [5, 5.41) is 11.3. The molecule has 1 N–H and O–H groups in total. The minimum absolute atomic E-state index is 0.392. The van der Waals surface area contributed by atoms with Crippen molar-refractivity contribution in [3.8, 4) is 0 Å². The number of nitrogens with one attached hydrogen (secondary N) is 1. The van der Waals surface area contributed by atoms with E-state index in [0.29, 0.717) is 11.0 Å². The van der Waals surface area contributed by atoms with Crippen LogP contribution in [0.5, 0.6) is 0 Å². The van der Waals surface area contributed by atoms with Crippen LogP contribution in [0.25, 0.3) is 0 Å². The average molecular weight is 252 g/mol. The number of hydrogen-bond acceptors (Lipinski definition) is 4. The molecule has 3 nitrogen and oxygen atoms in total. The molecule has 0 radical (unpaired) electrons. The van der Waals surface area contributed by atoms with E-state index >= 15 is 0 Å². The normalized spacial score (nSPS) is 10.1. The van der Waals surface area contributed by atoms with Crippen molar-refractivity contribution in [2.75, 3.05) is 11.6 Å². The highest BCUT2D eigenvalue weighted by molar-refractivity contribution is 7.98. The molecule has 0 aliphatic heterocycles. The van der Waals surface area contributed by atoms with E-state index < -0.39 is 0 Å². The first-order chi connectivity index (χ1) is 7.79. The van der Waals surface area contributed by atoms with Gasteiger partial charge < -0.3 is 5.32 Å². The maximum absolute atomic E-state index is 5.67. The standard InChI is InChI=1S/C11H10ClN3S/c1-16-9-5-3-2-4-8(9)13-11-7-6-10(12)14-15-11/h2-7H,1H3,(H,13,15). The van der Waals surface area contributed by atoms with Crippen LogP contribution in [0, 0.1) is 0 Å². The Kier molecular flexibility index (Phi) is 3.64. The Morgan fingerprint density at radius 2 is 1.94 bits per heavy atom. The number of anilines is 2. The Labute approximate surface area is 103 Å². The number of para-hydroxylation sites is 1. The average Bonchev–Trinajstić information content (AvgIpc) is 2.33. The van der Waals surface area contributed by atoms with Crippen LogP contribution in [0.3, 0.4) is 0 Å². The molecule has 0 unspecified atom stereocenters. The van der Waals surface area contributed by atoms with E-state index in [2.05, 4.69) is 21.6 Å². The first-order valence-electron chi connectivity index (χ1n) is 4.69. The Morgan fingerprint density at radius 3 is 2.62 bits per heavy atom. The van der Waals surface area contributed by atoms with Gasteiger partial charge in [0.25, 0.3) is 0 Å². The molecular formula is C11H10ClN3S. The van der Waals surface area contributed by atoms with Crippen molar-refractivity contribution >= 4 is 34.9 Å². The van der Waals surface area contributed by atoms with Crippen molar-refractivity contribution < 1.29 is 0 Å². The van der Waals surface area contributed by atoms with Gasteiger partial charge in [0, 0.05) is 4.90 Å². The minimum Gasteiger partial charge on any atom is -0.338 e. The van der Waals surface area contributed by atoms with Gasteiger partial charge in [0.1, 0.15) is 0 Å². The summed E-state index contributed by atoms with van der Waals surface area (Å²) in [4.78, 5) is 1.17. The second-order valence-electron chi connectivity index (χ2n) is 3.07. The molecule has 0 spiro atoms. The van der Waals surface area contributed by atoms with Gasteiger partial charge in [-0.3, -0.25) is 0 Å². The van der Waals surface area contributed by atoms with Gasteiger partial charge >= 0.3 is 0 Å². The van der Waals surface area contributed by atoms with Crippen LogP contribution in [0.4, 0.5) is 11.5 Å². The van der Waals surface area contributed by atoms with Gasteiger partial charge in [0.05, 0.1) is 5.69 Å². The maximum Gasteiger partial charge on any atom is 0.153 e. The van der Waals surface area contributed by atoms with E-state index in [4.69, 9.17) is 11.6 Å². The van der Waals surface area contributed by atoms with Crippen molar-refractivity contribution in [1.82, 2.24) is 10.2 Å². The number of halogens is 1. The van der Waals surface area contributed by atoms with Crippen LogP contribution >= 0.6 is 23.4 Å². The first kappa shape index (κ1) is 11.2. The predicted octanol–water partition coefficient (Wildman–Crippen LogP) is 3.60. The lowest BCUT2D eigenvalue weighted by molar-refractivity contribution is 1.03. The van der Waals surface area contributed by atoms with Crippen LogP contribution in [0.2, 0.25) is 5.15 Å². The topological polar surface area (TPSA) is 37.8 Å². The summed E-state index contributed by atoms with van der Waals surface area (Å²) < 4.78 is 0. The fourth-order valence-electron chi connectivity index (χ4n) is 1.27. The zero-order chi connectivity index (χ0) is 11.4. The van der Waals surface area contributed by atoms with Gasteiger partial charge in [0.2, 0.25) is 0 Å². The summed E-state index contributed by atoms with van der Waals surface area (Å²) in [6.07, 6.45) is 2.04. The van der Waals surface area contributed by atoms with E-state index in [-0.39, 0.29) is 0 Å². The quantitative estimate of drug-likeness (QED) is 0.846. The SMILES string of the molecule is CSc1ccccc1Nc1ccc(Cl)nn1. The molecule has 0 aliphatic carbocycles. The van der Waals surface area contributed by atoms with Crippen LogP contribution in [0.1, 0.15) is 0 Å². The lowest BCUT2D eigenvalue weighted by atomic mass is 10.3. The molecule has 0 aliphatic rings. The third-order valence-electron chi connectivity index (χ3n) is 2.00. The summed E-state index contributed by atoms with van der Waals surface area (Å²) in [6, 6.07) is 11.5. The monoisotopic (exact) mass is 251 g/mol. The minimum atomic E-state index is 0.392. The van der Waals surface area contributed by atoms with E-state index in [1.807, 2.05) is 24.5 Å². The number of rotatable bonds is 3. The number of benzene rings is 1. The number of nitrogens with zero attached hydrogens (tertiary/aromatic N) is 2. The Balaban J connectivity index is 2.23. The Hall–Kier alpha value is -1.26. The summed E-state index contributed by atoms with van der Waals surface area (Å²) in [7, 11) is 0. The molecule has 0 saturated carbocycles. The number of hydrogen-bond donors (Lipinski definition) is 1. The molecule has 0 saturated heterocycles. The molecule has 82 valence electrons. The first-order valence-corrected chi connectivity index (χ1v) is 6.29. The second kappa shape index (κ2) is 5.18. The summed E-state index contributed by atoms with van der Waals surface area (Å²) >= 11 is 7.35. The molecule has 5 heteroatoms. The van der Waals surface area contributed by atoms with Gasteiger partial charge in [-0.25, -0.2) is 0 Å². The molecule has 1 aromatic carbocycles. The van der Waals surface area contributed by atoms with Crippen LogP contribution < -0.4 is 5.32 Å². The second-order valence-corrected chi connectivity index (χ2v) is 4.30. The third-order valence-corrected chi connectivity index (χ3v) is 3.00. The molecule has 0 amide bonds. The Bertz CT molecular complexity index is 473. The number of thioether (sulfide) groups is 1. The van der Waals surface area contributed by atoms with Gasteiger partial charge in [0.15, 0.2) is 11.0 Å². The zero-order valence-corrected chi connectivity index (χ0v) is 10.2. The van der Waals surface area contributed by atoms with E-state index in [0.717, 1.165) is 5.69 Å². The highest BCUT2D eigenvalue weighted by Crippen LogP contribution is 2.26. The predicted molar refractivity (Wildman–Crippen MR) is 68.5 cm³/mol. The highest BCUT2D eigenvalue weighted by Gasteiger charge is 2.01. The van der Waals surface area contributed by atoms with Crippen molar-refractivity contribution in [2.45, 2.75) is 4.90 Å². The zero-order valence-electron chi connectivity index (χ0n) is 8.64.